The van der Waals surface area contributed by atoms with Crippen LogP contribution in [0.4, 0.5) is 5.00 Å². The first kappa shape index (κ1) is 16.6. The van der Waals surface area contributed by atoms with E-state index >= 15 is 0 Å². The van der Waals surface area contributed by atoms with Crippen molar-refractivity contribution >= 4 is 22.2 Å². The fourth-order valence-corrected chi connectivity index (χ4v) is 3.43. The van der Waals surface area contributed by atoms with Gasteiger partial charge >= 0.3 is 0 Å². The molecular weight excluding hydrogens is 326 g/mol. The monoisotopic (exact) mass is 345 g/mol. The molecule has 2 aromatic heterocycles. The highest BCUT2D eigenvalue weighted by molar-refractivity contribution is 7.14. The van der Waals surface area contributed by atoms with Gasteiger partial charge in [-0.05, 0) is 18.4 Å². The third-order valence-electron chi connectivity index (χ3n) is 3.93. The molecule has 1 aliphatic heterocycles. The van der Waals surface area contributed by atoms with E-state index in [0.717, 1.165) is 44.2 Å². The molecule has 126 valence electrons. The maximum Gasteiger partial charge on any atom is 0.239 e. The van der Waals surface area contributed by atoms with Crippen LogP contribution in [0.25, 0.3) is 0 Å². The minimum absolute atomic E-state index is 0.0757. The molecule has 7 nitrogen and oxygen atoms in total. The molecule has 24 heavy (non-hydrogen) atoms. The number of amides is 1. The van der Waals surface area contributed by atoms with Gasteiger partial charge in [0.25, 0.3) is 0 Å². The molecule has 3 rings (SSSR count). The van der Waals surface area contributed by atoms with Gasteiger partial charge < -0.3 is 9.84 Å². The van der Waals surface area contributed by atoms with Gasteiger partial charge in [-0.25, -0.2) is 0 Å². The average molecular weight is 345 g/mol. The fourth-order valence-electron chi connectivity index (χ4n) is 2.68. The largest absolute Gasteiger partial charge is 0.360 e. The van der Waals surface area contributed by atoms with Gasteiger partial charge in [0.15, 0.2) is 5.76 Å². The molecule has 1 aliphatic rings. The van der Waals surface area contributed by atoms with Crippen molar-refractivity contribution in [2.24, 2.45) is 0 Å². The van der Waals surface area contributed by atoms with Crippen molar-refractivity contribution in [2.45, 2.75) is 13.5 Å². The summed E-state index contributed by atoms with van der Waals surface area (Å²) in [7, 11) is 0. The molecule has 0 unspecified atom stereocenters. The summed E-state index contributed by atoms with van der Waals surface area (Å²) in [6.07, 6.45) is 0. The van der Waals surface area contributed by atoms with Crippen LogP contribution in [0.15, 0.2) is 22.0 Å². The molecule has 3 heterocycles. The number of carbonyl (C=O) groups is 1. The molecule has 0 aliphatic carbocycles. The summed E-state index contributed by atoms with van der Waals surface area (Å²) in [5.41, 5.74) is 1.41. The standard InChI is InChI=1S/C16H19N5O2S/c1-12-8-14(23-19-12)10-20-3-5-21(6-4-20)11-15(22)18-16-13(9-17)2-7-24-16/h2,7-8H,3-6,10-11H2,1H3,(H,18,22). The quantitative estimate of drug-likeness (QED) is 0.887. The molecule has 2 aromatic rings. The predicted molar refractivity (Wildman–Crippen MR) is 90.6 cm³/mol. The Bertz CT molecular complexity index is 740. The summed E-state index contributed by atoms with van der Waals surface area (Å²) in [5.74, 6) is 0.800. The van der Waals surface area contributed by atoms with E-state index in [-0.39, 0.29) is 5.91 Å². The smallest absolute Gasteiger partial charge is 0.239 e. The lowest BCUT2D eigenvalue weighted by Crippen LogP contribution is -2.48. The zero-order valence-corrected chi connectivity index (χ0v) is 14.3. The molecule has 8 heteroatoms. The maximum atomic E-state index is 12.1. The first-order chi connectivity index (χ1) is 11.6. The highest BCUT2D eigenvalue weighted by Gasteiger charge is 2.20. The summed E-state index contributed by atoms with van der Waals surface area (Å²) >= 11 is 1.37. The summed E-state index contributed by atoms with van der Waals surface area (Å²) in [6, 6.07) is 5.74. The van der Waals surface area contributed by atoms with Gasteiger partial charge in [-0.3, -0.25) is 14.6 Å². The van der Waals surface area contributed by atoms with Crippen LogP contribution in [0.2, 0.25) is 0 Å². The number of rotatable bonds is 5. The molecule has 0 spiro atoms. The minimum Gasteiger partial charge on any atom is -0.360 e. The molecule has 1 amide bonds. The number of anilines is 1. The molecule has 0 bridgehead atoms. The minimum atomic E-state index is -0.0757. The van der Waals surface area contributed by atoms with Crippen LogP contribution >= 0.6 is 11.3 Å². The van der Waals surface area contributed by atoms with Gasteiger partial charge in [-0.1, -0.05) is 5.16 Å². The Morgan fingerprint density at radius 3 is 2.83 bits per heavy atom. The van der Waals surface area contributed by atoms with Crippen LogP contribution in [0, 0.1) is 18.3 Å². The number of carbonyl (C=O) groups excluding carboxylic acids is 1. The Kier molecular flexibility index (Phi) is 5.25. The Labute approximate surface area is 144 Å². The number of aryl methyl sites for hydroxylation is 1. The molecule has 1 N–H and O–H groups in total. The lowest BCUT2D eigenvalue weighted by molar-refractivity contribution is -0.117. The highest BCUT2D eigenvalue weighted by atomic mass is 32.1. The van der Waals surface area contributed by atoms with Crippen LogP contribution < -0.4 is 5.32 Å². The number of hydrogen-bond acceptors (Lipinski definition) is 7. The van der Waals surface area contributed by atoms with E-state index in [0.29, 0.717) is 17.1 Å². The van der Waals surface area contributed by atoms with Crippen LogP contribution in [-0.4, -0.2) is 53.6 Å². The van der Waals surface area contributed by atoms with E-state index < -0.39 is 0 Å². The third kappa shape index (κ3) is 4.20. The predicted octanol–water partition coefficient (Wildman–Crippen LogP) is 1.67. The number of nitrogens with one attached hydrogen (secondary N) is 1. The van der Waals surface area contributed by atoms with Gasteiger partial charge in [-0.15, -0.1) is 11.3 Å². The lowest BCUT2D eigenvalue weighted by atomic mass is 10.3. The van der Waals surface area contributed by atoms with E-state index in [2.05, 4.69) is 26.3 Å². The van der Waals surface area contributed by atoms with E-state index in [4.69, 9.17) is 9.78 Å². The lowest BCUT2D eigenvalue weighted by Gasteiger charge is -2.33. The van der Waals surface area contributed by atoms with E-state index in [9.17, 15) is 4.79 Å². The second-order valence-electron chi connectivity index (χ2n) is 5.81. The second kappa shape index (κ2) is 7.57. The summed E-state index contributed by atoms with van der Waals surface area (Å²) in [6.45, 7) is 6.44. The fraction of sp³-hybridized carbons (Fsp3) is 0.438. The number of thiophene rings is 1. The van der Waals surface area contributed by atoms with Crippen LogP contribution in [0.3, 0.4) is 0 Å². The Balaban J connectivity index is 1.43. The van der Waals surface area contributed by atoms with Gasteiger partial charge in [0.1, 0.15) is 11.1 Å². The van der Waals surface area contributed by atoms with E-state index in [1.54, 1.807) is 11.4 Å². The average Bonchev–Trinajstić information content (AvgIpc) is 3.18. The van der Waals surface area contributed by atoms with Crippen molar-refractivity contribution < 1.29 is 9.32 Å². The van der Waals surface area contributed by atoms with Crippen molar-refractivity contribution in [3.05, 3.63) is 34.5 Å². The zero-order valence-electron chi connectivity index (χ0n) is 13.5. The molecule has 1 fully saturated rings. The van der Waals surface area contributed by atoms with Crippen LogP contribution in [0.1, 0.15) is 17.0 Å². The van der Waals surface area contributed by atoms with Gasteiger partial charge in [0, 0.05) is 32.2 Å². The van der Waals surface area contributed by atoms with Gasteiger partial charge in [-0.2, -0.15) is 5.26 Å². The molecule has 0 saturated carbocycles. The van der Waals surface area contributed by atoms with Crippen molar-refractivity contribution in [1.82, 2.24) is 15.0 Å². The van der Waals surface area contributed by atoms with Crippen LogP contribution in [-0.2, 0) is 11.3 Å². The second-order valence-corrected chi connectivity index (χ2v) is 6.73. The number of aromatic nitrogens is 1. The first-order valence-corrected chi connectivity index (χ1v) is 8.66. The number of nitrogens with zero attached hydrogens (tertiary/aromatic N) is 4. The topological polar surface area (TPSA) is 85.4 Å². The van der Waals surface area contributed by atoms with Crippen molar-refractivity contribution in [1.29, 1.82) is 5.26 Å². The van der Waals surface area contributed by atoms with Gasteiger partial charge in [0.2, 0.25) is 5.91 Å². The van der Waals surface area contributed by atoms with Crippen molar-refractivity contribution in [2.75, 3.05) is 38.0 Å². The number of nitriles is 1. The normalized spacial score (nSPS) is 16.0. The SMILES string of the molecule is Cc1cc(CN2CCN(CC(=O)Nc3sccc3C#N)CC2)on1. The molecule has 0 radical (unpaired) electrons. The first-order valence-electron chi connectivity index (χ1n) is 7.78. The Morgan fingerprint density at radius 2 is 2.17 bits per heavy atom. The van der Waals surface area contributed by atoms with E-state index in [1.165, 1.54) is 11.3 Å². The summed E-state index contributed by atoms with van der Waals surface area (Å²) < 4.78 is 5.24. The van der Waals surface area contributed by atoms with Crippen molar-refractivity contribution in [3.63, 3.8) is 0 Å². The molecule has 0 aromatic carbocycles. The summed E-state index contributed by atoms with van der Waals surface area (Å²) in [4.78, 5) is 16.5. The number of hydrogen-bond donors (Lipinski definition) is 1. The molecule has 0 atom stereocenters. The highest BCUT2D eigenvalue weighted by Crippen LogP contribution is 2.22. The zero-order chi connectivity index (χ0) is 16.9. The van der Waals surface area contributed by atoms with Crippen LogP contribution in [0.5, 0.6) is 0 Å². The maximum absolute atomic E-state index is 12.1. The van der Waals surface area contributed by atoms with Crippen molar-refractivity contribution in [3.8, 4) is 6.07 Å². The number of piperazine rings is 1. The Morgan fingerprint density at radius 1 is 1.42 bits per heavy atom. The molecular formula is C16H19N5O2S. The van der Waals surface area contributed by atoms with Gasteiger partial charge in [0.05, 0.1) is 24.3 Å². The molecule has 1 saturated heterocycles. The summed E-state index contributed by atoms with van der Waals surface area (Å²) in [5, 5.41) is 18.1. The Hall–Kier alpha value is -2.21. The third-order valence-corrected chi connectivity index (χ3v) is 4.76. The van der Waals surface area contributed by atoms with E-state index in [1.807, 2.05) is 13.0 Å².